The van der Waals surface area contributed by atoms with Crippen molar-refractivity contribution in [2.24, 2.45) is 11.8 Å². The average molecular weight is 382 g/mol. The van der Waals surface area contributed by atoms with Crippen molar-refractivity contribution in [2.45, 2.75) is 82.8 Å². The number of rotatable bonds is 6. The molecular weight excluding hydrogens is 350 g/mol. The SMILES string of the molecule is CO[C@@H]1CCN(c2nnc(CC3CCCC3)n2CC2CCC(F)(F)CC2)C1. The normalized spacial score (nSPS) is 26.9. The molecule has 1 aromatic rings. The lowest BCUT2D eigenvalue weighted by atomic mass is 9.86. The second-order valence-electron chi connectivity index (χ2n) is 8.77. The third-order valence-corrected chi connectivity index (χ3v) is 6.79. The molecule has 4 rings (SSSR count). The van der Waals surface area contributed by atoms with E-state index in [1.807, 2.05) is 0 Å². The van der Waals surface area contributed by atoms with Gasteiger partial charge in [0.05, 0.1) is 6.10 Å². The van der Waals surface area contributed by atoms with Crippen molar-refractivity contribution < 1.29 is 13.5 Å². The van der Waals surface area contributed by atoms with Crippen LogP contribution in [0.1, 0.15) is 63.6 Å². The highest BCUT2D eigenvalue weighted by Gasteiger charge is 2.36. The Kier molecular flexibility index (Phi) is 5.67. The van der Waals surface area contributed by atoms with Gasteiger partial charge in [0.15, 0.2) is 0 Å². The first-order valence-electron chi connectivity index (χ1n) is 10.6. The molecule has 0 bridgehead atoms. The largest absolute Gasteiger partial charge is 0.380 e. The summed E-state index contributed by atoms with van der Waals surface area (Å²) in [6, 6.07) is 0. The summed E-state index contributed by atoms with van der Waals surface area (Å²) in [4.78, 5) is 2.26. The summed E-state index contributed by atoms with van der Waals surface area (Å²) in [5, 5.41) is 9.09. The fourth-order valence-electron chi connectivity index (χ4n) is 5.01. The summed E-state index contributed by atoms with van der Waals surface area (Å²) in [6.45, 7) is 2.53. The zero-order valence-electron chi connectivity index (χ0n) is 16.4. The van der Waals surface area contributed by atoms with Crippen LogP contribution in [0.2, 0.25) is 0 Å². The molecular formula is C20H32F2N4O. The smallest absolute Gasteiger partial charge is 0.248 e. The van der Waals surface area contributed by atoms with Crippen molar-refractivity contribution in [3.63, 3.8) is 0 Å². The van der Waals surface area contributed by atoms with Crippen molar-refractivity contribution >= 4 is 5.95 Å². The first kappa shape index (κ1) is 19.1. The van der Waals surface area contributed by atoms with Gasteiger partial charge in [0.2, 0.25) is 11.9 Å². The van der Waals surface area contributed by atoms with Crippen molar-refractivity contribution in [3.8, 4) is 0 Å². The van der Waals surface area contributed by atoms with Crippen LogP contribution in [0.5, 0.6) is 0 Å². The Morgan fingerprint density at radius 1 is 1.04 bits per heavy atom. The van der Waals surface area contributed by atoms with E-state index < -0.39 is 5.92 Å². The van der Waals surface area contributed by atoms with Gasteiger partial charge in [-0.3, -0.25) is 4.57 Å². The Balaban J connectivity index is 1.51. The number of hydrogen-bond acceptors (Lipinski definition) is 4. The molecule has 1 atom stereocenters. The van der Waals surface area contributed by atoms with Crippen molar-refractivity contribution in [1.82, 2.24) is 14.8 Å². The molecule has 0 amide bonds. The van der Waals surface area contributed by atoms with Crippen LogP contribution in [0.3, 0.4) is 0 Å². The summed E-state index contributed by atoms with van der Waals surface area (Å²) < 4.78 is 34.9. The predicted octanol–water partition coefficient (Wildman–Crippen LogP) is 4.06. The number of methoxy groups -OCH3 is 1. The molecule has 3 fully saturated rings. The van der Waals surface area contributed by atoms with Crippen LogP contribution in [-0.4, -0.2) is 47.0 Å². The van der Waals surface area contributed by atoms with Crippen LogP contribution in [0, 0.1) is 11.8 Å². The number of ether oxygens (including phenoxy) is 1. The number of hydrogen-bond donors (Lipinski definition) is 0. The van der Waals surface area contributed by atoms with E-state index in [1.165, 1.54) is 25.7 Å². The Bertz CT molecular complexity index is 619. The van der Waals surface area contributed by atoms with Crippen molar-refractivity contribution in [1.29, 1.82) is 0 Å². The maximum absolute atomic E-state index is 13.6. The third-order valence-electron chi connectivity index (χ3n) is 6.79. The molecule has 0 unspecified atom stereocenters. The molecule has 1 saturated heterocycles. The van der Waals surface area contributed by atoms with Gasteiger partial charge in [0.25, 0.3) is 0 Å². The molecule has 152 valence electrons. The number of anilines is 1. The zero-order valence-corrected chi connectivity index (χ0v) is 16.4. The molecule has 0 radical (unpaired) electrons. The number of aromatic nitrogens is 3. The number of alkyl halides is 2. The van der Waals surface area contributed by atoms with Crippen molar-refractivity contribution in [2.75, 3.05) is 25.1 Å². The van der Waals surface area contributed by atoms with E-state index in [9.17, 15) is 8.78 Å². The minimum atomic E-state index is -2.47. The molecule has 2 saturated carbocycles. The lowest BCUT2D eigenvalue weighted by molar-refractivity contribution is -0.0473. The van der Waals surface area contributed by atoms with E-state index >= 15 is 0 Å². The fourth-order valence-corrected chi connectivity index (χ4v) is 5.01. The van der Waals surface area contributed by atoms with Crippen LogP contribution >= 0.6 is 0 Å². The summed E-state index contributed by atoms with van der Waals surface area (Å²) >= 11 is 0. The Morgan fingerprint density at radius 2 is 1.78 bits per heavy atom. The molecule has 27 heavy (non-hydrogen) atoms. The van der Waals surface area contributed by atoms with E-state index in [0.717, 1.165) is 44.2 Å². The highest BCUT2D eigenvalue weighted by atomic mass is 19.3. The maximum atomic E-state index is 13.6. The van der Waals surface area contributed by atoms with E-state index in [0.29, 0.717) is 24.7 Å². The maximum Gasteiger partial charge on any atom is 0.248 e. The Morgan fingerprint density at radius 3 is 2.44 bits per heavy atom. The van der Waals surface area contributed by atoms with Crippen molar-refractivity contribution in [3.05, 3.63) is 5.82 Å². The van der Waals surface area contributed by atoms with Gasteiger partial charge in [-0.15, -0.1) is 10.2 Å². The van der Waals surface area contributed by atoms with Gasteiger partial charge in [-0.2, -0.15) is 0 Å². The van der Waals surface area contributed by atoms with Crippen LogP contribution in [0.4, 0.5) is 14.7 Å². The van der Waals surface area contributed by atoms with Crippen LogP contribution in [0.25, 0.3) is 0 Å². The molecule has 0 N–H and O–H groups in total. The van der Waals surface area contributed by atoms with E-state index in [4.69, 9.17) is 4.74 Å². The van der Waals surface area contributed by atoms with Gasteiger partial charge >= 0.3 is 0 Å². The molecule has 1 aliphatic heterocycles. The van der Waals surface area contributed by atoms with Gasteiger partial charge in [-0.1, -0.05) is 25.7 Å². The monoisotopic (exact) mass is 382 g/mol. The summed E-state index contributed by atoms with van der Waals surface area (Å²) in [5.74, 6) is 0.485. The first-order chi connectivity index (χ1) is 13.0. The highest BCUT2D eigenvalue weighted by Crippen LogP contribution is 2.38. The summed E-state index contributed by atoms with van der Waals surface area (Å²) in [5.41, 5.74) is 0. The van der Waals surface area contributed by atoms with Gasteiger partial charge in [-0.05, 0) is 31.1 Å². The molecule has 2 aliphatic carbocycles. The number of nitrogens with zero attached hydrogens (tertiary/aromatic N) is 4. The lowest BCUT2D eigenvalue weighted by Gasteiger charge is -2.30. The fraction of sp³-hybridized carbons (Fsp3) is 0.900. The Hall–Kier alpha value is -1.24. The predicted molar refractivity (Wildman–Crippen MR) is 100 cm³/mol. The zero-order chi connectivity index (χ0) is 18.9. The van der Waals surface area contributed by atoms with E-state index in [-0.39, 0.29) is 18.9 Å². The topological polar surface area (TPSA) is 43.2 Å². The van der Waals surface area contributed by atoms with E-state index in [1.54, 1.807) is 7.11 Å². The third kappa shape index (κ3) is 4.44. The highest BCUT2D eigenvalue weighted by molar-refractivity contribution is 5.33. The molecule has 7 heteroatoms. The molecule has 0 spiro atoms. The second-order valence-corrected chi connectivity index (χ2v) is 8.77. The van der Waals surface area contributed by atoms with Gasteiger partial charge in [-0.25, -0.2) is 8.78 Å². The minimum absolute atomic E-state index is 0.0164. The molecule has 1 aromatic heterocycles. The molecule has 5 nitrogen and oxygen atoms in total. The average Bonchev–Trinajstić information content (AvgIpc) is 3.39. The summed E-state index contributed by atoms with van der Waals surface area (Å²) in [6.07, 6.45) is 8.58. The number of halogens is 2. The van der Waals surface area contributed by atoms with Gasteiger partial charge in [0.1, 0.15) is 5.82 Å². The molecule has 0 aromatic carbocycles. The molecule has 3 aliphatic rings. The van der Waals surface area contributed by atoms with Crippen LogP contribution in [-0.2, 0) is 17.7 Å². The second kappa shape index (κ2) is 8.02. The Labute approximate surface area is 160 Å². The standard InChI is InChI=1S/C20H32F2N4O/c1-27-17-8-11-25(14-17)19-24-23-18(12-15-4-2-3-5-15)26(19)13-16-6-9-20(21,22)10-7-16/h15-17H,2-14H2,1H3/t17-/m1/s1. The van der Waals surface area contributed by atoms with Crippen LogP contribution in [0.15, 0.2) is 0 Å². The molecule has 2 heterocycles. The van der Waals surface area contributed by atoms with E-state index in [2.05, 4.69) is 19.7 Å². The van der Waals surface area contributed by atoms with Gasteiger partial charge < -0.3 is 9.64 Å². The van der Waals surface area contributed by atoms with Crippen LogP contribution < -0.4 is 4.90 Å². The summed E-state index contributed by atoms with van der Waals surface area (Å²) in [7, 11) is 1.76. The quantitative estimate of drug-likeness (QED) is 0.744. The minimum Gasteiger partial charge on any atom is -0.380 e. The van der Waals surface area contributed by atoms with Gasteiger partial charge in [0, 0.05) is 46.0 Å². The first-order valence-corrected chi connectivity index (χ1v) is 10.6. The lowest BCUT2D eigenvalue weighted by Crippen LogP contribution is -2.30.